The highest BCUT2D eigenvalue weighted by molar-refractivity contribution is 9.10. The molecule has 104 valence electrons. The number of thiazole rings is 1. The smallest absolute Gasteiger partial charge is 0.245 e. The van der Waals surface area contributed by atoms with Gasteiger partial charge >= 0.3 is 0 Å². The third-order valence-electron chi connectivity index (χ3n) is 2.46. The summed E-state index contributed by atoms with van der Waals surface area (Å²) in [6, 6.07) is 1.41. The number of hydrogen-bond acceptors (Lipinski definition) is 6. The SMILES string of the molecule is Cc1ncsc1CNS(=O)(=O)c1cc(CN)oc1Br. The molecule has 0 spiro atoms. The Kier molecular flexibility index (Phi) is 4.41. The van der Waals surface area contributed by atoms with Gasteiger partial charge in [-0.05, 0) is 22.9 Å². The van der Waals surface area contributed by atoms with E-state index in [1.807, 2.05) is 6.92 Å². The van der Waals surface area contributed by atoms with E-state index >= 15 is 0 Å². The molecule has 0 bridgehead atoms. The predicted octanol–water partition coefficient (Wildman–Crippen LogP) is 1.74. The van der Waals surface area contributed by atoms with E-state index in [4.69, 9.17) is 10.2 Å². The Bertz CT molecular complexity index is 678. The lowest BCUT2D eigenvalue weighted by Crippen LogP contribution is -2.23. The number of nitrogens with zero attached hydrogens (tertiary/aromatic N) is 1. The first-order chi connectivity index (χ1) is 8.94. The Balaban J connectivity index is 2.18. The summed E-state index contributed by atoms with van der Waals surface area (Å²) in [4.78, 5) is 4.99. The number of furan rings is 1. The lowest BCUT2D eigenvalue weighted by atomic mass is 10.4. The fourth-order valence-corrected chi connectivity index (χ4v) is 4.22. The van der Waals surface area contributed by atoms with E-state index in [0.29, 0.717) is 5.76 Å². The molecular formula is C10H12BrN3O3S2. The third kappa shape index (κ3) is 3.23. The Morgan fingerprint density at radius 2 is 2.32 bits per heavy atom. The zero-order valence-corrected chi connectivity index (χ0v) is 13.2. The van der Waals surface area contributed by atoms with Crippen LogP contribution in [0.2, 0.25) is 0 Å². The Labute approximate surface area is 123 Å². The molecule has 0 saturated carbocycles. The molecule has 2 rings (SSSR count). The van der Waals surface area contributed by atoms with E-state index in [1.54, 1.807) is 5.51 Å². The van der Waals surface area contributed by atoms with Crippen LogP contribution in [0.25, 0.3) is 0 Å². The number of hydrogen-bond donors (Lipinski definition) is 2. The minimum absolute atomic E-state index is 0.0510. The maximum Gasteiger partial charge on any atom is 0.245 e. The van der Waals surface area contributed by atoms with Gasteiger partial charge in [0, 0.05) is 17.5 Å². The zero-order valence-electron chi connectivity index (χ0n) is 10.0. The van der Waals surface area contributed by atoms with Gasteiger partial charge in [0.2, 0.25) is 10.0 Å². The van der Waals surface area contributed by atoms with Crippen molar-refractivity contribution in [3.05, 3.63) is 32.6 Å². The van der Waals surface area contributed by atoms with Gasteiger partial charge in [0.1, 0.15) is 10.7 Å². The van der Waals surface area contributed by atoms with Crippen LogP contribution in [0.1, 0.15) is 16.3 Å². The van der Waals surface area contributed by atoms with Crippen LogP contribution in [0.4, 0.5) is 0 Å². The maximum absolute atomic E-state index is 12.1. The zero-order chi connectivity index (χ0) is 14.0. The highest BCUT2D eigenvalue weighted by Crippen LogP contribution is 2.26. The topological polar surface area (TPSA) is 98.2 Å². The third-order valence-corrected chi connectivity index (χ3v) is 5.66. The quantitative estimate of drug-likeness (QED) is 0.840. The van der Waals surface area contributed by atoms with Crippen molar-refractivity contribution in [3.8, 4) is 0 Å². The Hall–Kier alpha value is -0.740. The molecule has 0 fully saturated rings. The molecule has 6 nitrogen and oxygen atoms in total. The van der Waals surface area contributed by atoms with Crippen molar-refractivity contribution in [1.82, 2.24) is 9.71 Å². The van der Waals surface area contributed by atoms with Gasteiger partial charge in [-0.15, -0.1) is 11.3 Å². The van der Waals surface area contributed by atoms with Crippen LogP contribution in [-0.2, 0) is 23.1 Å². The highest BCUT2D eigenvalue weighted by Gasteiger charge is 2.22. The van der Waals surface area contributed by atoms with Crippen molar-refractivity contribution in [2.75, 3.05) is 0 Å². The fraction of sp³-hybridized carbons (Fsp3) is 0.300. The van der Waals surface area contributed by atoms with Crippen LogP contribution in [-0.4, -0.2) is 13.4 Å². The number of halogens is 1. The summed E-state index contributed by atoms with van der Waals surface area (Å²) in [5.41, 5.74) is 7.91. The molecule has 0 amide bonds. The number of aromatic nitrogens is 1. The monoisotopic (exact) mass is 365 g/mol. The first-order valence-electron chi connectivity index (χ1n) is 5.31. The van der Waals surface area contributed by atoms with E-state index < -0.39 is 10.0 Å². The van der Waals surface area contributed by atoms with Gasteiger partial charge in [0.15, 0.2) is 4.67 Å². The molecule has 2 aromatic heterocycles. The van der Waals surface area contributed by atoms with Gasteiger partial charge < -0.3 is 10.2 Å². The summed E-state index contributed by atoms with van der Waals surface area (Å²) in [5.74, 6) is 0.404. The first kappa shape index (κ1) is 14.7. The van der Waals surface area contributed by atoms with Crippen molar-refractivity contribution in [2.24, 2.45) is 5.73 Å². The lowest BCUT2D eigenvalue weighted by Gasteiger charge is -2.03. The first-order valence-corrected chi connectivity index (χ1v) is 8.46. The minimum Gasteiger partial charge on any atom is -0.452 e. The standard InChI is InChI=1S/C10H12BrN3O3S2/c1-6-8(18-5-13-6)4-14-19(15,16)9-2-7(3-12)17-10(9)11/h2,5,14H,3-4,12H2,1H3. The number of sulfonamides is 1. The second-order valence-corrected chi connectivity index (χ2v) is 7.14. The maximum atomic E-state index is 12.1. The Morgan fingerprint density at radius 3 is 2.84 bits per heavy atom. The number of rotatable bonds is 5. The fourth-order valence-electron chi connectivity index (χ4n) is 1.42. The van der Waals surface area contributed by atoms with Gasteiger partial charge in [-0.1, -0.05) is 0 Å². The van der Waals surface area contributed by atoms with Gasteiger partial charge in [-0.2, -0.15) is 0 Å². The van der Waals surface area contributed by atoms with Crippen molar-refractivity contribution in [1.29, 1.82) is 0 Å². The van der Waals surface area contributed by atoms with Crippen LogP contribution in [0.15, 0.2) is 25.6 Å². The molecule has 2 heterocycles. The summed E-state index contributed by atoms with van der Waals surface area (Å²) >= 11 is 4.48. The highest BCUT2D eigenvalue weighted by atomic mass is 79.9. The van der Waals surface area contributed by atoms with E-state index in [-0.39, 0.29) is 22.7 Å². The van der Waals surface area contributed by atoms with Gasteiger partial charge in [0.05, 0.1) is 17.7 Å². The molecule has 0 aromatic carbocycles. The molecule has 0 aliphatic rings. The van der Waals surface area contributed by atoms with E-state index in [0.717, 1.165) is 10.6 Å². The van der Waals surface area contributed by atoms with Crippen LogP contribution in [0.5, 0.6) is 0 Å². The van der Waals surface area contributed by atoms with E-state index in [9.17, 15) is 8.42 Å². The van der Waals surface area contributed by atoms with Crippen molar-refractivity contribution >= 4 is 37.3 Å². The molecule has 0 aliphatic heterocycles. The molecule has 2 aromatic rings. The minimum atomic E-state index is -3.64. The summed E-state index contributed by atoms with van der Waals surface area (Å²) in [6.45, 7) is 2.18. The molecule has 0 atom stereocenters. The van der Waals surface area contributed by atoms with Crippen LogP contribution < -0.4 is 10.5 Å². The molecular weight excluding hydrogens is 354 g/mol. The van der Waals surface area contributed by atoms with E-state index in [2.05, 4.69) is 25.6 Å². The van der Waals surface area contributed by atoms with E-state index in [1.165, 1.54) is 17.4 Å². The average Bonchev–Trinajstić information content (AvgIpc) is 2.93. The number of nitrogens with one attached hydrogen (secondary N) is 1. The number of aryl methyl sites for hydroxylation is 1. The van der Waals surface area contributed by atoms with Crippen molar-refractivity contribution < 1.29 is 12.8 Å². The summed E-state index contributed by atoms with van der Waals surface area (Å²) < 4.78 is 32.1. The molecule has 0 aliphatic carbocycles. The molecule has 0 unspecified atom stereocenters. The molecule has 19 heavy (non-hydrogen) atoms. The molecule has 0 radical (unpaired) electrons. The van der Waals surface area contributed by atoms with Gasteiger partial charge in [-0.25, -0.2) is 18.1 Å². The summed E-state index contributed by atoms with van der Waals surface area (Å²) in [5, 5.41) is 0. The average molecular weight is 366 g/mol. The van der Waals surface area contributed by atoms with Crippen LogP contribution in [0, 0.1) is 6.92 Å². The van der Waals surface area contributed by atoms with Crippen molar-refractivity contribution in [2.45, 2.75) is 24.9 Å². The largest absolute Gasteiger partial charge is 0.452 e. The Morgan fingerprint density at radius 1 is 1.58 bits per heavy atom. The van der Waals surface area contributed by atoms with Gasteiger partial charge in [-0.3, -0.25) is 0 Å². The van der Waals surface area contributed by atoms with Crippen molar-refractivity contribution in [3.63, 3.8) is 0 Å². The van der Waals surface area contributed by atoms with Crippen LogP contribution >= 0.6 is 27.3 Å². The summed E-state index contributed by atoms with van der Waals surface area (Å²) in [6.07, 6.45) is 0. The second kappa shape index (κ2) is 5.71. The predicted molar refractivity (Wildman–Crippen MR) is 75.2 cm³/mol. The second-order valence-electron chi connectivity index (χ2n) is 3.74. The van der Waals surface area contributed by atoms with Gasteiger partial charge in [0.25, 0.3) is 0 Å². The normalized spacial score (nSPS) is 11.9. The molecule has 9 heteroatoms. The molecule has 3 N–H and O–H groups in total. The number of nitrogens with two attached hydrogens (primary N) is 1. The lowest BCUT2D eigenvalue weighted by molar-refractivity contribution is 0.483. The molecule has 0 saturated heterocycles. The summed E-state index contributed by atoms with van der Waals surface area (Å²) in [7, 11) is -3.64. The van der Waals surface area contributed by atoms with Crippen LogP contribution in [0.3, 0.4) is 0 Å².